The molecule has 1 aromatic heterocycles. The molecule has 0 atom stereocenters. The van der Waals surface area contributed by atoms with Crippen molar-refractivity contribution in [3.05, 3.63) is 39.3 Å². The van der Waals surface area contributed by atoms with E-state index >= 15 is 0 Å². The summed E-state index contributed by atoms with van der Waals surface area (Å²) < 4.78 is 32.3. The third-order valence-corrected chi connectivity index (χ3v) is 3.44. The summed E-state index contributed by atoms with van der Waals surface area (Å²) in [6.45, 7) is 1.91. The van der Waals surface area contributed by atoms with Crippen LogP contribution in [0.4, 0.5) is 19.6 Å². The monoisotopic (exact) mass is 362 g/mol. The Kier molecular flexibility index (Phi) is 4.66. The first-order valence-corrected chi connectivity index (χ1v) is 7.22. The minimum Gasteiger partial charge on any atom is -0.461 e. The lowest BCUT2D eigenvalue weighted by atomic mass is 10.3. The smallest absolute Gasteiger partial charge is 0.357 e. The van der Waals surface area contributed by atoms with Crippen molar-refractivity contribution in [2.45, 2.75) is 6.92 Å². The minimum absolute atomic E-state index is 0.0947. The second-order valence-corrected chi connectivity index (χ2v) is 5.40. The van der Waals surface area contributed by atoms with Crippen LogP contribution in [0.25, 0.3) is 0 Å². The van der Waals surface area contributed by atoms with Crippen LogP contribution in [0.5, 0.6) is 0 Å². The van der Waals surface area contributed by atoms with Gasteiger partial charge in [-0.3, -0.25) is 0 Å². The largest absolute Gasteiger partial charge is 0.461 e. The highest BCUT2D eigenvalue weighted by atomic mass is 79.9. The summed E-state index contributed by atoms with van der Waals surface area (Å²) in [5, 5.41) is 4.17. The lowest BCUT2D eigenvalue weighted by Gasteiger charge is -2.06. The summed E-state index contributed by atoms with van der Waals surface area (Å²) >= 11 is 4.04. The van der Waals surface area contributed by atoms with E-state index in [1.54, 1.807) is 6.92 Å². The van der Waals surface area contributed by atoms with E-state index in [2.05, 4.69) is 26.2 Å². The average Bonchev–Trinajstić information content (AvgIpc) is 2.82. The number of nitrogens with one attached hydrogen (secondary N) is 1. The number of nitrogens with zero attached hydrogens (tertiary/aromatic N) is 1. The number of halogens is 3. The molecule has 0 bridgehead atoms. The fraction of sp³-hybridized carbons (Fsp3) is 0.167. The molecule has 20 heavy (non-hydrogen) atoms. The molecule has 2 aromatic rings. The quantitative estimate of drug-likeness (QED) is 0.831. The molecule has 106 valence electrons. The maximum absolute atomic E-state index is 13.6. The third kappa shape index (κ3) is 3.31. The standard InChI is InChI=1S/C12H9BrF2N2O2S/c1-2-19-11(18)9-5-20-12(16-9)17-10-7(14)3-6(13)4-8(10)15/h3-5H,2H2,1H3,(H,16,17). The van der Waals surface area contributed by atoms with Crippen LogP contribution in [-0.2, 0) is 4.74 Å². The second kappa shape index (κ2) is 6.27. The van der Waals surface area contributed by atoms with Gasteiger partial charge in [-0.25, -0.2) is 18.6 Å². The van der Waals surface area contributed by atoms with Crippen molar-refractivity contribution in [1.82, 2.24) is 4.98 Å². The Morgan fingerprint density at radius 1 is 1.45 bits per heavy atom. The molecule has 0 aliphatic heterocycles. The number of benzene rings is 1. The Morgan fingerprint density at radius 2 is 2.10 bits per heavy atom. The van der Waals surface area contributed by atoms with Crippen LogP contribution in [0.2, 0.25) is 0 Å². The number of carbonyl (C=O) groups is 1. The predicted octanol–water partition coefficient (Wildman–Crippen LogP) is 4.10. The zero-order chi connectivity index (χ0) is 14.7. The minimum atomic E-state index is -0.759. The van der Waals surface area contributed by atoms with Gasteiger partial charge < -0.3 is 10.1 Å². The molecule has 0 fully saturated rings. The maximum atomic E-state index is 13.6. The molecule has 0 amide bonds. The molecule has 0 unspecified atom stereocenters. The summed E-state index contributed by atoms with van der Waals surface area (Å²) in [5.41, 5.74) is -0.227. The van der Waals surface area contributed by atoms with E-state index in [-0.39, 0.29) is 23.1 Å². The van der Waals surface area contributed by atoms with Crippen molar-refractivity contribution >= 4 is 44.1 Å². The molecule has 8 heteroatoms. The number of hydrogen-bond acceptors (Lipinski definition) is 5. The normalized spacial score (nSPS) is 10.4. The molecule has 0 aliphatic rings. The fourth-order valence-electron chi connectivity index (χ4n) is 1.40. The Balaban J connectivity index is 2.21. The van der Waals surface area contributed by atoms with Crippen molar-refractivity contribution in [2.24, 2.45) is 0 Å². The van der Waals surface area contributed by atoms with Gasteiger partial charge in [-0.1, -0.05) is 15.9 Å². The first kappa shape index (κ1) is 14.9. The zero-order valence-corrected chi connectivity index (χ0v) is 12.6. The van der Waals surface area contributed by atoms with Crippen molar-refractivity contribution in [3.63, 3.8) is 0 Å². The molecule has 1 N–H and O–H groups in total. The average molecular weight is 363 g/mol. The molecular formula is C12H9BrF2N2O2S. The van der Waals surface area contributed by atoms with Crippen molar-refractivity contribution in [2.75, 3.05) is 11.9 Å². The molecular weight excluding hydrogens is 354 g/mol. The van der Waals surface area contributed by atoms with Gasteiger partial charge in [0.25, 0.3) is 0 Å². The van der Waals surface area contributed by atoms with Crippen LogP contribution in [0.3, 0.4) is 0 Å². The summed E-state index contributed by atoms with van der Waals surface area (Å²) in [6.07, 6.45) is 0. The van der Waals surface area contributed by atoms with Crippen LogP contribution in [0.15, 0.2) is 22.0 Å². The number of hydrogen-bond donors (Lipinski definition) is 1. The SMILES string of the molecule is CCOC(=O)c1csc(Nc2c(F)cc(Br)cc2F)n1. The van der Waals surface area contributed by atoms with E-state index in [1.165, 1.54) is 5.38 Å². The topological polar surface area (TPSA) is 51.2 Å². The highest BCUT2D eigenvalue weighted by Gasteiger charge is 2.15. The molecule has 0 radical (unpaired) electrons. The van der Waals surface area contributed by atoms with E-state index in [9.17, 15) is 13.6 Å². The van der Waals surface area contributed by atoms with Gasteiger partial charge in [0.1, 0.15) is 5.69 Å². The summed E-state index contributed by atoms with van der Waals surface area (Å²) in [5.74, 6) is -2.09. The van der Waals surface area contributed by atoms with Gasteiger partial charge in [0, 0.05) is 9.85 Å². The molecule has 0 saturated heterocycles. The van der Waals surface area contributed by atoms with Gasteiger partial charge in [0.2, 0.25) is 0 Å². The number of aromatic nitrogens is 1. The predicted molar refractivity (Wildman–Crippen MR) is 75.4 cm³/mol. The molecule has 4 nitrogen and oxygen atoms in total. The first-order valence-electron chi connectivity index (χ1n) is 5.55. The Labute approximate surface area is 125 Å². The van der Waals surface area contributed by atoms with Crippen molar-refractivity contribution in [3.8, 4) is 0 Å². The summed E-state index contributed by atoms with van der Waals surface area (Å²) in [6, 6.07) is 2.26. The fourth-order valence-corrected chi connectivity index (χ4v) is 2.48. The Morgan fingerprint density at radius 3 is 2.70 bits per heavy atom. The Bertz CT molecular complexity index is 625. The van der Waals surface area contributed by atoms with Crippen LogP contribution in [-0.4, -0.2) is 17.6 Å². The van der Waals surface area contributed by atoms with E-state index < -0.39 is 17.6 Å². The lowest BCUT2D eigenvalue weighted by molar-refractivity contribution is 0.0520. The van der Waals surface area contributed by atoms with E-state index in [0.29, 0.717) is 4.47 Å². The number of anilines is 2. The number of ether oxygens (including phenoxy) is 1. The van der Waals surface area contributed by atoms with Crippen molar-refractivity contribution < 1.29 is 18.3 Å². The van der Waals surface area contributed by atoms with Crippen LogP contribution in [0.1, 0.15) is 17.4 Å². The van der Waals surface area contributed by atoms with E-state index in [0.717, 1.165) is 23.5 Å². The highest BCUT2D eigenvalue weighted by molar-refractivity contribution is 9.10. The lowest BCUT2D eigenvalue weighted by Crippen LogP contribution is -2.05. The summed E-state index contributed by atoms with van der Waals surface area (Å²) in [4.78, 5) is 15.3. The third-order valence-electron chi connectivity index (χ3n) is 2.23. The van der Waals surface area contributed by atoms with Gasteiger partial charge in [-0.15, -0.1) is 11.3 Å². The van der Waals surface area contributed by atoms with Crippen LogP contribution >= 0.6 is 27.3 Å². The molecule has 0 saturated carbocycles. The molecule has 0 spiro atoms. The molecule has 2 rings (SSSR count). The van der Waals surface area contributed by atoms with Gasteiger partial charge in [0.05, 0.1) is 6.61 Å². The molecule has 1 aromatic carbocycles. The molecule has 0 aliphatic carbocycles. The maximum Gasteiger partial charge on any atom is 0.357 e. The Hall–Kier alpha value is -1.54. The summed E-state index contributed by atoms with van der Waals surface area (Å²) in [7, 11) is 0. The van der Waals surface area contributed by atoms with E-state index in [1.807, 2.05) is 0 Å². The van der Waals surface area contributed by atoms with Crippen LogP contribution in [0, 0.1) is 11.6 Å². The number of thiazole rings is 1. The van der Waals surface area contributed by atoms with E-state index in [4.69, 9.17) is 4.74 Å². The van der Waals surface area contributed by atoms with Gasteiger partial charge in [0.15, 0.2) is 22.5 Å². The highest BCUT2D eigenvalue weighted by Crippen LogP contribution is 2.28. The van der Waals surface area contributed by atoms with Gasteiger partial charge in [-0.05, 0) is 19.1 Å². The number of carbonyl (C=O) groups excluding carboxylic acids is 1. The zero-order valence-electron chi connectivity index (χ0n) is 10.2. The molecule has 1 heterocycles. The van der Waals surface area contributed by atoms with Crippen molar-refractivity contribution in [1.29, 1.82) is 0 Å². The van der Waals surface area contributed by atoms with Gasteiger partial charge in [-0.2, -0.15) is 0 Å². The second-order valence-electron chi connectivity index (χ2n) is 3.63. The first-order chi connectivity index (χ1) is 9.51. The van der Waals surface area contributed by atoms with Gasteiger partial charge >= 0.3 is 5.97 Å². The number of rotatable bonds is 4. The van der Waals surface area contributed by atoms with Crippen LogP contribution < -0.4 is 5.32 Å². The number of esters is 1.